The molecule has 162 valence electrons. The van der Waals surface area contributed by atoms with Gasteiger partial charge in [0.15, 0.2) is 0 Å². The monoisotopic (exact) mass is 494 g/mol. The van der Waals surface area contributed by atoms with E-state index in [-0.39, 0.29) is 46.2 Å². The van der Waals surface area contributed by atoms with Gasteiger partial charge in [-0.25, -0.2) is 4.39 Å². The van der Waals surface area contributed by atoms with Gasteiger partial charge in [-0.2, -0.15) is 0 Å². The van der Waals surface area contributed by atoms with Gasteiger partial charge in [0.25, 0.3) is 0 Å². The summed E-state index contributed by atoms with van der Waals surface area (Å²) in [6.07, 6.45) is -4.78. The second kappa shape index (κ2) is 10.9. The number of alkyl halides is 3. The summed E-state index contributed by atoms with van der Waals surface area (Å²) in [6, 6.07) is 7.66. The molecule has 3 rings (SSSR count). The van der Waals surface area contributed by atoms with Gasteiger partial charge in [-0.05, 0) is 29.8 Å². The van der Waals surface area contributed by atoms with Gasteiger partial charge in [-0.1, -0.05) is 35.3 Å². The number of benzene rings is 2. The summed E-state index contributed by atoms with van der Waals surface area (Å²) in [4.78, 5) is 2.01. The van der Waals surface area contributed by atoms with Gasteiger partial charge in [0, 0.05) is 36.8 Å². The lowest BCUT2D eigenvalue weighted by molar-refractivity contribution is -0.274. The maximum Gasteiger partial charge on any atom is 0.573 e. The van der Waals surface area contributed by atoms with Crippen molar-refractivity contribution in [3.8, 4) is 5.75 Å². The Balaban J connectivity index is 0.00000210. The predicted octanol–water partition coefficient (Wildman–Crippen LogP) is 5.87. The van der Waals surface area contributed by atoms with Crippen molar-refractivity contribution < 1.29 is 22.3 Å². The average Bonchev–Trinajstić information content (AvgIpc) is 2.62. The zero-order chi connectivity index (χ0) is 19.6. The van der Waals surface area contributed by atoms with Crippen LogP contribution < -0.4 is 10.1 Å². The summed E-state index contributed by atoms with van der Waals surface area (Å²) in [5.74, 6) is -0.980. The molecule has 29 heavy (non-hydrogen) atoms. The molecule has 1 saturated heterocycles. The van der Waals surface area contributed by atoms with Crippen LogP contribution in [0.15, 0.2) is 36.4 Å². The molecule has 0 unspecified atom stereocenters. The van der Waals surface area contributed by atoms with Gasteiger partial charge >= 0.3 is 6.36 Å². The van der Waals surface area contributed by atoms with Gasteiger partial charge in [0.1, 0.15) is 11.6 Å². The van der Waals surface area contributed by atoms with E-state index in [1.165, 1.54) is 36.4 Å². The van der Waals surface area contributed by atoms with E-state index in [9.17, 15) is 17.6 Å². The largest absolute Gasteiger partial charge is 0.573 e. The van der Waals surface area contributed by atoms with Crippen molar-refractivity contribution in [2.75, 3.05) is 26.2 Å². The molecular formula is C18H18Cl4F4N2O. The summed E-state index contributed by atoms with van der Waals surface area (Å²) in [6.45, 7) is 2.64. The Labute approximate surface area is 188 Å². The van der Waals surface area contributed by atoms with Crippen molar-refractivity contribution in [1.82, 2.24) is 10.2 Å². The highest BCUT2D eigenvalue weighted by atomic mass is 35.5. The summed E-state index contributed by atoms with van der Waals surface area (Å²) >= 11 is 12.2. The lowest BCUT2D eigenvalue weighted by Crippen LogP contribution is -2.45. The molecule has 1 atom stereocenters. The van der Waals surface area contributed by atoms with Crippen LogP contribution in [0.3, 0.4) is 0 Å². The Hall–Kier alpha value is -0.960. The minimum atomic E-state index is -4.78. The number of hydrogen-bond acceptors (Lipinski definition) is 3. The molecule has 1 aliphatic heterocycles. The molecule has 0 aromatic heterocycles. The molecule has 1 aliphatic rings. The van der Waals surface area contributed by atoms with Crippen LogP contribution in [0.2, 0.25) is 10.0 Å². The molecule has 2 aromatic carbocycles. The normalized spacial score (nSPS) is 15.8. The quantitative estimate of drug-likeness (QED) is 0.424. The Kier molecular flexibility index (Phi) is 9.79. The number of ether oxygens (including phenoxy) is 1. The average molecular weight is 496 g/mol. The van der Waals surface area contributed by atoms with Crippen molar-refractivity contribution in [2.24, 2.45) is 0 Å². The first-order chi connectivity index (χ1) is 12.8. The van der Waals surface area contributed by atoms with E-state index in [2.05, 4.69) is 10.1 Å². The van der Waals surface area contributed by atoms with Crippen molar-refractivity contribution in [2.45, 2.75) is 12.4 Å². The fourth-order valence-electron chi connectivity index (χ4n) is 3.15. The molecule has 0 spiro atoms. The van der Waals surface area contributed by atoms with Crippen LogP contribution in [0.1, 0.15) is 17.2 Å². The molecular weight excluding hydrogens is 478 g/mol. The first-order valence-corrected chi connectivity index (χ1v) is 8.96. The fraction of sp³-hybridized carbons (Fsp3) is 0.333. The lowest BCUT2D eigenvalue weighted by atomic mass is 9.95. The van der Waals surface area contributed by atoms with Crippen LogP contribution in [0.5, 0.6) is 5.75 Å². The highest BCUT2D eigenvalue weighted by Crippen LogP contribution is 2.38. The molecule has 0 saturated carbocycles. The van der Waals surface area contributed by atoms with E-state index in [0.29, 0.717) is 31.7 Å². The smallest absolute Gasteiger partial charge is 0.406 e. The third-order valence-corrected chi connectivity index (χ3v) is 4.92. The zero-order valence-corrected chi connectivity index (χ0v) is 18.0. The highest BCUT2D eigenvalue weighted by molar-refractivity contribution is 6.33. The molecule has 0 amide bonds. The Bertz CT molecular complexity index is 800. The van der Waals surface area contributed by atoms with Crippen molar-refractivity contribution >= 4 is 48.0 Å². The van der Waals surface area contributed by atoms with E-state index in [1.54, 1.807) is 0 Å². The molecule has 0 aliphatic carbocycles. The molecule has 11 heteroatoms. The van der Waals surface area contributed by atoms with Gasteiger partial charge < -0.3 is 10.1 Å². The molecule has 1 fully saturated rings. The summed E-state index contributed by atoms with van der Waals surface area (Å²) < 4.78 is 55.9. The molecule has 1 heterocycles. The second-order valence-electron chi connectivity index (χ2n) is 6.06. The Morgan fingerprint density at radius 2 is 1.48 bits per heavy atom. The highest BCUT2D eigenvalue weighted by Gasteiger charge is 2.32. The van der Waals surface area contributed by atoms with Crippen LogP contribution in [0.4, 0.5) is 17.6 Å². The SMILES string of the molecule is Cl.Cl.Fc1c(Cl)ccc(Cl)c1[C@H](c1ccc(OC(F)(F)F)cc1)N1CCNCC1. The van der Waals surface area contributed by atoms with Crippen LogP contribution in [0.25, 0.3) is 0 Å². The van der Waals surface area contributed by atoms with Gasteiger partial charge in [-0.15, -0.1) is 38.0 Å². The topological polar surface area (TPSA) is 24.5 Å². The fourth-order valence-corrected chi connectivity index (χ4v) is 3.56. The minimum absolute atomic E-state index is 0. The predicted molar refractivity (Wildman–Crippen MR) is 110 cm³/mol. The summed E-state index contributed by atoms with van der Waals surface area (Å²) in [5, 5.41) is 3.35. The van der Waals surface area contributed by atoms with E-state index in [0.717, 1.165) is 0 Å². The Morgan fingerprint density at radius 3 is 2.03 bits per heavy atom. The molecule has 1 N–H and O–H groups in total. The lowest BCUT2D eigenvalue weighted by Gasteiger charge is -2.36. The van der Waals surface area contributed by atoms with Crippen molar-refractivity contribution in [3.05, 3.63) is 63.4 Å². The van der Waals surface area contributed by atoms with Crippen LogP contribution >= 0.6 is 48.0 Å². The van der Waals surface area contributed by atoms with E-state index >= 15 is 0 Å². The summed E-state index contributed by atoms with van der Waals surface area (Å²) in [7, 11) is 0. The molecule has 2 aromatic rings. The van der Waals surface area contributed by atoms with Crippen LogP contribution in [-0.2, 0) is 0 Å². The standard InChI is InChI=1S/C18H16Cl2F4N2O.2ClH/c19-13-5-6-14(20)16(21)15(13)17(26-9-7-25-8-10-26)11-1-3-12(4-2-11)27-18(22,23)24;;/h1-6,17,25H,7-10H2;2*1H/t17-;;/m0../s1. The number of halogens is 8. The number of nitrogens with zero attached hydrogens (tertiary/aromatic N) is 1. The molecule has 0 bridgehead atoms. The van der Waals surface area contributed by atoms with Crippen LogP contribution in [-0.4, -0.2) is 37.4 Å². The van der Waals surface area contributed by atoms with E-state index in [1.807, 2.05) is 4.90 Å². The maximum atomic E-state index is 14.8. The molecule has 0 radical (unpaired) electrons. The first kappa shape index (κ1) is 26.1. The van der Waals surface area contributed by atoms with Gasteiger partial charge in [0.2, 0.25) is 0 Å². The number of rotatable bonds is 4. The third-order valence-electron chi connectivity index (χ3n) is 4.30. The second-order valence-corrected chi connectivity index (χ2v) is 6.88. The third kappa shape index (κ3) is 6.51. The van der Waals surface area contributed by atoms with Crippen molar-refractivity contribution in [1.29, 1.82) is 0 Å². The number of piperazine rings is 1. The minimum Gasteiger partial charge on any atom is -0.406 e. The van der Waals surface area contributed by atoms with Crippen LogP contribution in [0, 0.1) is 5.82 Å². The molecule has 3 nitrogen and oxygen atoms in total. The Morgan fingerprint density at radius 1 is 0.931 bits per heavy atom. The van der Waals surface area contributed by atoms with Gasteiger partial charge in [0.05, 0.1) is 11.1 Å². The van der Waals surface area contributed by atoms with Gasteiger partial charge in [-0.3, -0.25) is 4.90 Å². The summed E-state index contributed by atoms with van der Waals surface area (Å²) in [5.41, 5.74) is 0.796. The van der Waals surface area contributed by atoms with Crippen molar-refractivity contribution in [3.63, 3.8) is 0 Å². The zero-order valence-electron chi connectivity index (χ0n) is 14.8. The number of hydrogen-bond donors (Lipinski definition) is 1. The maximum absolute atomic E-state index is 14.8. The first-order valence-electron chi connectivity index (χ1n) is 8.20. The van der Waals surface area contributed by atoms with E-state index in [4.69, 9.17) is 23.2 Å². The number of nitrogens with one attached hydrogen (secondary N) is 1. The van der Waals surface area contributed by atoms with E-state index < -0.39 is 18.2 Å².